The van der Waals surface area contributed by atoms with E-state index in [4.69, 9.17) is 5.73 Å². The molecule has 1 aromatic heterocycles. The molecule has 3 rings (SSSR count). The van der Waals surface area contributed by atoms with Crippen LogP contribution in [-0.4, -0.2) is 53.0 Å². The van der Waals surface area contributed by atoms with Crippen molar-refractivity contribution in [3.8, 4) is 0 Å². The van der Waals surface area contributed by atoms with Crippen molar-refractivity contribution >= 4 is 24.3 Å². The first-order valence-electron chi connectivity index (χ1n) is 8.53. The summed E-state index contributed by atoms with van der Waals surface area (Å²) < 4.78 is 37.7. The Morgan fingerprint density at radius 2 is 1.58 bits per heavy atom. The van der Waals surface area contributed by atoms with Crippen LogP contribution in [0.15, 0.2) is 12.4 Å². The standard InChI is InChI=1S/C16H22F3N5O.ClH/c17-16(18,19)12-9-21-15(22-10-12)24-7-5-23(6-8-24)14(25)11-1-3-13(20)4-2-11;/h9-11,13H,1-8,20H2;1H. The van der Waals surface area contributed by atoms with Gasteiger partial charge in [0.15, 0.2) is 0 Å². The molecule has 1 saturated heterocycles. The number of nitrogens with zero attached hydrogens (tertiary/aromatic N) is 4. The van der Waals surface area contributed by atoms with E-state index in [0.29, 0.717) is 26.2 Å². The third kappa shape index (κ3) is 4.76. The summed E-state index contributed by atoms with van der Waals surface area (Å²) in [6.45, 7) is 2.10. The first-order chi connectivity index (χ1) is 11.8. The summed E-state index contributed by atoms with van der Waals surface area (Å²) in [6.07, 6.45) is 0.596. The van der Waals surface area contributed by atoms with E-state index in [1.165, 1.54) is 0 Å². The van der Waals surface area contributed by atoms with Gasteiger partial charge in [0, 0.05) is 50.5 Å². The summed E-state index contributed by atoms with van der Waals surface area (Å²) in [5, 5.41) is 0. The second-order valence-electron chi connectivity index (χ2n) is 6.69. The van der Waals surface area contributed by atoms with Gasteiger partial charge >= 0.3 is 6.18 Å². The van der Waals surface area contributed by atoms with Crippen LogP contribution in [-0.2, 0) is 11.0 Å². The van der Waals surface area contributed by atoms with Gasteiger partial charge in [0.1, 0.15) is 0 Å². The van der Waals surface area contributed by atoms with Crippen molar-refractivity contribution < 1.29 is 18.0 Å². The molecule has 0 aromatic carbocycles. The van der Waals surface area contributed by atoms with Crippen molar-refractivity contribution in [2.75, 3.05) is 31.1 Å². The maximum Gasteiger partial charge on any atom is 0.419 e. The SMILES string of the molecule is Cl.NC1CCC(C(=O)N2CCN(c3ncc(C(F)(F)F)cn3)CC2)CC1. The zero-order valence-corrected chi connectivity index (χ0v) is 15.1. The summed E-state index contributed by atoms with van der Waals surface area (Å²) in [5.74, 6) is 0.484. The number of aromatic nitrogens is 2. The van der Waals surface area contributed by atoms with Crippen molar-refractivity contribution in [3.63, 3.8) is 0 Å². The van der Waals surface area contributed by atoms with Crippen LogP contribution in [0.2, 0.25) is 0 Å². The number of anilines is 1. The number of hydrogen-bond donors (Lipinski definition) is 1. The van der Waals surface area contributed by atoms with Gasteiger partial charge in [0.2, 0.25) is 11.9 Å². The Kier molecular flexibility index (Phi) is 6.68. The maximum atomic E-state index is 12.6. The highest BCUT2D eigenvalue weighted by Gasteiger charge is 2.33. The van der Waals surface area contributed by atoms with Gasteiger partial charge in [-0.15, -0.1) is 12.4 Å². The van der Waals surface area contributed by atoms with E-state index in [9.17, 15) is 18.0 Å². The van der Waals surface area contributed by atoms with Gasteiger partial charge in [-0.2, -0.15) is 13.2 Å². The summed E-state index contributed by atoms with van der Waals surface area (Å²) in [5.41, 5.74) is 5.02. The van der Waals surface area contributed by atoms with E-state index in [1.807, 2.05) is 4.90 Å². The average molecular weight is 394 g/mol. The molecule has 0 atom stereocenters. The van der Waals surface area contributed by atoms with E-state index in [0.717, 1.165) is 38.1 Å². The van der Waals surface area contributed by atoms with Gasteiger partial charge in [-0.05, 0) is 25.7 Å². The summed E-state index contributed by atoms with van der Waals surface area (Å²) in [6, 6.07) is 0.206. The van der Waals surface area contributed by atoms with Crippen LogP contribution in [0.3, 0.4) is 0 Å². The van der Waals surface area contributed by atoms with Crippen LogP contribution >= 0.6 is 12.4 Å². The summed E-state index contributed by atoms with van der Waals surface area (Å²) in [7, 11) is 0. The fourth-order valence-electron chi connectivity index (χ4n) is 3.38. The molecule has 2 heterocycles. The minimum atomic E-state index is -4.44. The lowest BCUT2D eigenvalue weighted by atomic mass is 9.85. The molecule has 1 amide bonds. The molecule has 0 radical (unpaired) electrons. The van der Waals surface area contributed by atoms with Crippen molar-refractivity contribution in [2.24, 2.45) is 11.7 Å². The van der Waals surface area contributed by atoms with Crippen molar-refractivity contribution in [1.82, 2.24) is 14.9 Å². The van der Waals surface area contributed by atoms with Gasteiger partial charge in [0.05, 0.1) is 5.56 Å². The monoisotopic (exact) mass is 393 g/mol. The molecule has 0 bridgehead atoms. The average Bonchev–Trinajstić information content (AvgIpc) is 2.61. The number of alkyl halides is 3. The lowest BCUT2D eigenvalue weighted by Crippen LogP contribution is -2.51. The molecule has 1 aliphatic heterocycles. The molecule has 2 aliphatic rings. The highest BCUT2D eigenvalue weighted by molar-refractivity contribution is 5.85. The van der Waals surface area contributed by atoms with Crippen molar-refractivity contribution in [3.05, 3.63) is 18.0 Å². The van der Waals surface area contributed by atoms with Crippen LogP contribution in [0.5, 0.6) is 0 Å². The summed E-state index contributed by atoms with van der Waals surface area (Å²) in [4.78, 5) is 23.8. The molecule has 0 unspecified atom stereocenters. The molecule has 2 fully saturated rings. The number of amides is 1. The first-order valence-corrected chi connectivity index (χ1v) is 8.53. The number of nitrogens with two attached hydrogens (primary N) is 1. The second-order valence-corrected chi connectivity index (χ2v) is 6.69. The number of carbonyl (C=O) groups is 1. The number of carbonyl (C=O) groups excluding carboxylic acids is 1. The smallest absolute Gasteiger partial charge is 0.339 e. The fraction of sp³-hybridized carbons (Fsp3) is 0.688. The largest absolute Gasteiger partial charge is 0.419 e. The topological polar surface area (TPSA) is 75.4 Å². The highest BCUT2D eigenvalue weighted by Crippen LogP contribution is 2.29. The number of halogens is 4. The van der Waals surface area contributed by atoms with E-state index in [2.05, 4.69) is 9.97 Å². The molecule has 1 saturated carbocycles. The fourth-order valence-corrected chi connectivity index (χ4v) is 3.38. The molecular weight excluding hydrogens is 371 g/mol. The predicted octanol–water partition coefficient (Wildman–Crippen LogP) is 2.08. The maximum absolute atomic E-state index is 12.6. The Balaban J connectivity index is 0.00000243. The van der Waals surface area contributed by atoms with E-state index < -0.39 is 11.7 Å². The van der Waals surface area contributed by atoms with Gasteiger partial charge < -0.3 is 15.5 Å². The van der Waals surface area contributed by atoms with Gasteiger partial charge in [-0.25, -0.2) is 9.97 Å². The van der Waals surface area contributed by atoms with E-state index in [-0.39, 0.29) is 36.2 Å². The zero-order valence-electron chi connectivity index (χ0n) is 14.3. The van der Waals surface area contributed by atoms with Crippen LogP contribution < -0.4 is 10.6 Å². The van der Waals surface area contributed by atoms with E-state index in [1.54, 1.807) is 4.90 Å². The molecular formula is C16H23ClF3N5O. The predicted molar refractivity (Wildman–Crippen MR) is 93.0 cm³/mol. The molecule has 2 N–H and O–H groups in total. The quantitative estimate of drug-likeness (QED) is 0.832. The number of rotatable bonds is 2. The molecule has 10 heteroatoms. The molecule has 1 aliphatic carbocycles. The number of hydrogen-bond acceptors (Lipinski definition) is 5. The van der Waals surface area contributed by atoms with E-state index >= 15 is 0 Å². The molecule has 6 nitrogen and oxygen atoms in total. The number of piperazine rings is 1. The Hall–Kier alpha value is -1.61. The third-order valence-corrected chi connectivity index (χ3v) is 4.96. The van der Waals surface area contributed by atoms with Crippen LogP contribution in [0.1, 0.15) is 31.2 Å². The van der Waals surface area contributed by atoms with Crippen LogP contribution in [0.25, 0.3) is 0 Å². The normalized spacial score (nSPS) is 24.2. The lowest BCUT2D eigenvalue weighted by Gasteiger charge is -2.37. The van der Waals surface area contributed by atoms with Crippen LogP contribution in [0, 0.1) is 5.92 Å². The second kappa shape index (κ2) is 8.39. The van der Waals surface area contributed by atoms with Gasteiger partial charge in [-0.3, -0.25) is 4.79 Å². The lowest BCUT2D eigenvalue weighted by molar-refractivity contribution is -0.138. The first kappa shape index (κ1) is 20.7. The summed E-state index contributed by atoms with van der Waals surface area (Å²) >= 11 is 0. The molecule has 0 spiro atoms. The van der Waals surface area contributed by atoms with Crippen molar-refractivity contribution in [1.29, 1.82) is 0 Å². The van der Waals surface area contributed by atoms with Gasteiger partial charge in [-0.1, -0.05) is 0 Å². The van der Waals surface area contributed by atoms with Crippen molar-refractivity contribution in [2.45, 2.75) is 37.9 Å². The third-order valence-electron chi connectivity index (χ3n) is 4.96. The Morgan fingerprint density at radius 3 is 2.08 bits per heavy atom. The van der Waals surface area contributed by atoms with Gasteiger partial charge in [0.25, 0.3) is 0 Å². The molecule has 26 heavy (non-hydrogen) atoms. The molecule has 146 valence electrons. The van der Waals surface area contributed by atoms with Crippen LogP contribution in [0.4, 0.5) is 19.1 Å². The zero-order chi connectivity index (χ0) is 18.0. The Labute approximate surface area is 156 Å². The minimum Gasteiger partial charge on any atom is -0.339 e. The molecule has 1 aromatic rings. The Morgan fingerprint density at radius 1 is 1.04 bits per heavy atom. The Bertz CT molecular complexity index is 597. The highest BCUT2D eigenvalue weighted by atomic mass is 35.5. The minimum absolute atomic E-state index is 0.